The van der Waals surface area contributed by atoms with E-state index in [9.17, 15) is 0 Å². The van der Waals surface area contributed by atoms with Gasteiger partial charge in [-0.2, -0.15) is 0 Å². The van der Waals surface area contributed by atoms with Crippen molar-refractivity contribution in [1.82, 2.24) is 5.32 Å². The Morgan fingerprint density at radius 2 is 1.70 bits per heavy atom. The first-order valence-corrected chi connectivity index (χ1v) is 7.30. The van der Waals surface area contributed by atoms with Crippen LogP contribution in [0, 0.1) is 6.92 Å². The summed E-state index contributed by atoms with van der Waals surface area (Å²) in [5.41, 5.74) is 4.08. The van der Waals surface area contributed by atoms with E-state index < -0.39 is 0 Å². The van der Waals surface area contributed by atoms with Crippen LogP contribution in [-0.4, -0.2) is 19.6 Å². The predicted octanol–water partition coefficient (Wildman–Crippen LogP) is 3.32. The first-order chi connectivity index (χ1) is 9.69. The second kappa shape index (κ2) is 5.29. The number of aryl methyl sites for hydroxylation is 1. The number of hydrogen-bond acceptors (Lipinski definition) is 2. The van der Waals surface area contributed by atoms with Gasteiger partial charge in [-0.1, -0.05) is 48.5 Å². The molecular weight excluding hydrogens is 244 g/mol. The van der Waals surface area contributed by atoms with Crippen LogP contribution in [0.4, 0.5) is 5.69 Å². The highest BCUT2D eigenvalue weighted by atomic mass is 15.2. The largest absolute Gasteiger partial charge is 0.368 e. The van der Waals surface area contributed by atoms with E-state index in [0.29, 0.717) is 0 Å². The number of anilines is 1. The van der Waals surface area contributed by atoms with E-state index in [2.05, 4.69) is 78.7 Å². The van der Waals surface area contributed by atoms with Crippen LogP contribution in [0.2, 0.25) is 0 Å². The van der Waals surface area contributed by atoms with Crippen molar-refractivity contribution < 1.29 is 0 Å². The monoisotopic (exact) mass is 266 g/mol. The zero-order valence-corrected chi connectivity index (χ0v) is 12.3. The smallest absolute Gasteiger partial charge is 0.0584 e. The molecule has 0 aliphatic carbocycles. The highest BCUT2D eigenvalue weighted by molar-refractivity contribution is 5.54. The van der Waals surface area contributed by atoms with Crippen molar-refractivity contribution in [1.29, 1.82) is 0 Å². The van der Waals surface area contributed by atoms with E-state index in [-0.39, 0.29) is 5.54 Å². The van der Waals surface area contributed by atoms with Crippen molar-refractivity contribution in [2.24, 2.45) is 0 Å². The Kier molecular flexibility index (Phi) is 3.49. The summed E-state index contributed by atoms with van der Waals surface area (Å²) in [5.74, 6) is 0. The van der Waals surface area contributed by atoms with Crippen LogP contribution in [0.15, 0.2) is 54.6 Å². The summed E-state index contributed by atoms with van der Waals surface area (Å²) in [5, 5.41) is 3.69. The summed E-state index contributed by atoms with van der Waals surface area (Å²) in [7, 11) is 0. The van der Waals surface area contributed by atoms with Crippen molar-refractivity contribution in [3.63, 3.8) is 0 Å². The highest BCUT2D eigenvalue weighted by Gasteiger charge is 2.32. The molecule has 1 atom stereocenters. The first-order valence-electron chi connectivity index (χ1n) is 7.30. The molecule has 1 aliphatic heterocycles. The first kappa shape index (κ1) is 13.2. The van der Waals surface area contributed by atoms with Crippen LogP contribution in [-0.2, 0) is 5.54 Å². The molecule has 1 aliphatic rings. The molecule has 104 valence electrons. The zero-order valence-electron chi connectivity index (χ0n) is 12.3. The van der Waals surface area contributed by atoms with E-state index in [1.54, 1.807) is 0 Å². The second-order valence-electron chi connectivity index (χ2n) is 5.83. The van der Waals surface area contributed by atoms with E-state index in [1.807, 2.05) is 0 Å². The van der Waals surface area contributed by atoms with Crippen molar-refractivity contribution in [3.8, 4) is 0 Å². The van der Waals surface area contributed by atoms with Gasteiger partial charge in [-0.3, -0.25) is 0 Å². The zero-order chi connectivity index (χ0) is 14.0. The fourth-order valence-electron chi connectivity index (χ4n) is 3.11. The van der Waals surface area contributed by atoms with E-state index in [1.165, 1.54) is 16.8 Å². The Morgan fingerprint density at radius 1 is 1.00 bits per heavy atom. The summed E-state index contributed by atoms with van der Waals surface area (Å²) in [6.07, 6.45) is 0. The number of nitrogens with zero attached hydrogens (tertiary/aromatic N) is 1. The highest BCUT2D eigenvalue weighted by Crippen LogP contribution is 2.29. The average Bonchev–Trinajstić information content (AvgIpc) is 2.49. The fraction of sp³-hybridized carbons (Fsp3) is 0.333. The maximum Gasteiger partial charge on any atom is 0.0584 e. The van der Waals surface area contributed by atoms with Crippen molar-refractivity contribution in [2.75, 3.05) is 24.5 Å². The Bertz CT molecular complexity index is 579. The van der Waals surface area contributed by atoms with Crippen LogP contribution < -0.4 is 10.2 Å². The van der Waals surface area contributed by atoms with Crippen LogP contribution in [0.1, 0.15) is 18.1 Å². The Balaban J connectivity index is 1.89. The lowest BCUT2D eigenvalue weighted by Crippen LogP contribution is -2.57. The van der Waals surface area contributed by atoms with Gasteiger partial charge in [0, 0.05) is 25.3 Å². The fourth-order valence-corrected chi connectivity index (χ4v) is 3.11. The molecule has 2 heteroatoms. The normalized spacial score (nSPS) is 22.8. The van der Waals surface area contributed by atoms with Gasteiger partial charge in [0.2, 0.25) is 0 Å². The third-order valence-electron chi connectivity index (χ3n) is 4.27. The standard InChI is InChI=1S/C18H22N2/c1-15-8-6-7-11-17(15)20-13-12-19-18(2,14-20)16-9-4-3-5-10-16/h3-11,19H,12-14H2,1-2H3. The summed E-state index contributed by atoms with van der Waals surface area (Å²) in [6, 6.07) is 19.4. The second-order valence-corrected chi connectivity index (χ2v) is 5.83. The average molecular weight is 266 g/mol. The molecular formula is C18H22N2. The van der Waals surface area contributed by atoms with Crippen LogP contribution >= 0.6 is 0 Å². The molecule has 0 radical (unpaired) electrons. The van der Waals surface area contributed by atoms with E-state index in [0.717, 1.165) is 19.6 Å². The molecule has 1 heterocycles. The molecule has 1 unspecified atom stereocenters. The molecule has 2 aromatic rings. The number of piperazine rings is 1. The molecule has 2 aromatic carbocycles. The van der Waals surface area contributed by atoms with Crippen molar-refractivity contribution >= 4 is 5.69 Å². The van der Waals surface area contributed by atoms with Gasteiger partial charge in [0.05, 0.1) is 5.54 Å². The molecule has 1 fully saturated rings. The minimum Gasteiger partial charge on any atom is -0.368 e. The number of hydrogen-bond donors (Lipinski definition) is 1. The molecule has 3 rings (SSSR count). The Labute approximate surface area is 121 Å². The minimum absolute atomic E-state index is 0.0157. The van der Waals surface area contributed by atoms with Crippen molar-refractivity contribution in [3.05, 3.63) is 65.7 Å². The third-order valence-corrected chi connectivity index (χ3v) is 4.27. The lowest BCUT2D eigenvalue weighted by molar-refractivity contribution is 0.332. The molecule has 1 N–H and O–H groups in total. The Hall–Kier alpha value is -1.80. The predicted molar refractivity (Wildman–Crippen MR) is 85.2 cm³/mol. The molecule has 20 heavy (non-hydrogen) atoms. The summed E-state index contributed by atoms with van der Waals surface area (Å²) >= 11 is 0. The van der Waals surface area contributed by atoms with Gasteiger partial charge >= 0.3 is 0 Å². The van der Waals surface area contributed by atoms with Gasteiger partial charge in [0.1, 0.15) is 0 Å². The van der Waals surface area contributed by atoms with Gasteiger partial charge < -0.3 is 10.2 Å². The summed E-state index contributed by atoms with van der Waals surface area (Å²) in [6.45, 7) is 7.57. The van der Waals surface area contributed by atoms with Crippen molar-refractivity contribution in [2.45, 2.75) is 19.4 Å². The Morgan fingerprint density at radius 3 is 2.45 bits per heavy atom. The molecule has 0 saturated carbocycles. The lowest BCUT2D eigenvalue weighted by Gasteiger charge is -2.43. The summed E-state index contributed by atoms with van der Waals surface area (Å²) in [4.78, 5) is 2.50. The topological polar surface area (TPSA) is 15.3 Å². The maximum atomic E-state index is 3.69. The third kappa shape index (κ3) is 2.44. The molecule has 2 nitrogen and oxygen atoms in total. The van der Waals surface area contributed by atoms with Gasteiger partial charge in [-0.25, -0.2) is 0 Å². The van der Waals surface area contributed by atoms with Crippen LogP contribution in [0.5, 0.6) is 0 Å². The number of benzene rings is 2. The minimum atomic E-state index is 0.0157. The summed E-state index contributed by atoms with van der Waals surface area (Å²) < 4.78 is 0. The molecule has 0 spiro atoms. The number of rotatable bonds is 2. The van der Waals surface area contributed by atoms with E-state index >= 15 is 0 Å². The molecule has 0 bridgehead atoms. The number of nitrogens with one attached hydrogen (secondary N) is 1. The number of para-hydroxylation sites is 1. The van der Waals surface area contributed by atoms with Gasteiger partial charge in [-0.15, -0.1) is 0 Å². The quantitative estimate of drug-likeness (QED) is 0.897. The van der Waals surface area contributed by atoms with Crippen LogP contribution in [0.3, 0.4) is 0 Å². The molecule has 0 aromatic heterocycles. The van der Waals surface area contributed by atoms with Gasteiger partial charge in [0.15, 0.2) is 0 Å². The SMILES string of the molecule is Cc1ccccc1N1CCNC(C)(c2ccccc2)C1. The molecule has 1 saturated heterocycles. The van der Waals surface area contributed by atoms with Crippen LogP contribution in [0.25, 0.3) is 0 Å². The van der Waals surface area contributed by atoms with Gasteiger partial charge in [-0.05, 0) is 31.0 Å². The maximum absolute atomic E-state index is 3.69. The van der Waals surface area contributed by atoms with Gasteiger partial charge in [0.25, 0.3) is 0 Å². The molecule has 0 amide bonds. The lowest BCUT2D eigenvalue weighted by atomic mass is 9.89. The van der Waals surface area contributed by atoms with E-state index in [4.69, 9.17) is 0 Å².